The van der Waals surface area contributed by atoms with Crippen molar-refractivity contribution in [3.05, 3.63) is 53.8 Å². The number of allylic oxidation sites excluding steroid dienone is 4. The second-order valence-corrected chi connectivity index (χ2v) is 6.26. The van der Waals surface area contributed by atoms with Gasteiger partial charge in [0.15, 0.2) is 0 Å². The largest absolute Gasteiger partial charge is 0.350 e. The van der Waals surface area contributed by atoms with E-state index in [4.69, 9.17) is 4.98 Å². The number of amidine groups is 1. The van der Waals surface area contributed by atoms with Crippen LogP contribution in [0.4, 0.5) is 11.5 Å². The predicted molar refractivity (Wildman–Crippen MR) is 110 cm³/mol. The SMILES string of the molecule is C\C=C/C=C\C(=C/C)C1CCCN1c1ccc(NC(C)=NC)c(C)n1. The van der Waals surface area contributed by atoms with E-state index in [0.29, 0.717) is 6.04 Å². The Kier molecular flexibility index (Phi) is 6.99. The quantitative estimate of drug-likeness (QED) is 0.472. The summed E-state index contributed by atoms with van der Waals surface area (Å²) in [6.07, 6.45) is 13.0. The zero-order chi connectivity index (χ0) is 18.2. The monoisotopic (exact) mass is 338 g/mol. The molecule has 2 heterocycles. The first-order valence-corrected chi connectivity index (χ1v) is 9.01. The van der Waals surface area contributed by atoms with Crippen molar-refractivity contribution < 1.29 is 0 Å². The summed E-state index contributed by atoms with van der Waals surface area (Å²) >= 11 is 0. The molecule has 1 unspecified atom stereocenters. The third kappa shape index (κ3) is 4.81. The molecule has 0 aromatic carbocycles. The summed E-state index contributed by atoms with van der Waals surface area (Å²) in [7, 11) is 1.79. The molecule has 1 fully saturated rings. The number of aryl methyl sites for hydroxylation is 1. The standard InChI is InChI=1S/C21H30N4/c1-6-8-9-11-18(7-2)20-12-10-15-25(20)21-14-13-19(16(3)23-21)24-17(4)22-5/h6-9,11,13-14,20H,10,12,15H2,1-5H3,(H,22,24)/b8-6-,11-9-,18-7+. The summed E-state index contributed by atoms with van der Waals surface area (Å²) in [5, 5.41) is 3.30. The van der Waals surface area contributed by atoms with Gasteiger partial charge in [-0.3, -0.25) is 4.99 Å². The van der Waals surface area contributed by atoms with E-state index in [1.165, 1.54) is 18.4 Å². The van der Waals surface area contributed by atoms with Gasteiger partial charge in [-0.15, -0.1) is 0 Å². The molecule has 0 bridgehead atoms. The highest BCUT2D eigenvalue weighted by molar-refractivity contribution is 5.93. The van der Waals surface area contributed by atoms with Crippen molar-refractivity contribution >= 4 is 17.3 Å². The van der Waals surface area contributed by atoms with Crippen molar-refractivity contribution in [2.24, 2.45) is 4.99 Å². The maximum Gasteiger partial charge on any atom is 0.129 e. The number of rotatable bonds is 5. The smallest absolute Gasteiger partial charge is 0.129 e. The van der Waals surface area contributed by atoms with Gasteiger partial charge in [0.1, 0.15) is 5.82 Å². The average Bonchev–Trinajstić information content (AvgIpc) is 3.10. The van der Waals surface area contributed by atoms with Gasteiger partial charge >= 0.3 is 0 Å². The Morgan fingerprint density at radius 3 is 2.76 bits per heavy atom. The summed E-state index contributed by atoms with van der Waals surface area (Å²) in [6.45, 7) is 9.20. The van der Waals surface area contributed by atoms with E-state index in [1.807, 2.05) is 20.8 Å². The van der Waals surface area contributed by atoms with Gasteiger partial charge in [-0.1, -0.05) is 30.4 Å². The molecular weight excluding hydrogens is 308 g/mol. The number of hydrogen-bond donors (Lipinski definition) is 1. The van der Waals surface area contributed by atoms with Gasteiger partial charge in [0.2, 0.25) is 0 Å². The topological polar surface area (TPSA) is 40.5 Å². The maximum atomic E-state index is 4.85. The van der Waals surface area contributed by atoms with Crippen LogP contribution in [-0.4, -0.2) is 30.5 Å². The minimum Gasteiger partial charge on any atom is -0.350 e. The number of aliphatic imine (C=N–C) groups is 1. The van der Waals surface area contributed by atoms with Gasteiger partial charge < -0.3 is 10.2 Å². The Morgan fingerprint density at radius 1 is 1.32 bits per heavy atom. The molecule has 1 aliphatic rings. The highest BCUT2D eigenvalue weighted by Gasteiger charge is 2.27. The fraction of sp³-hybridized carbons (Fsp3) is 0.429. The zero-order valence-corrected chi connectivity index (χ0v) is 16.1. The molecule has 1 atom stereocenters. The molecule has 0 spiro atoms. The second-order valence-electron chi connectivity index (χ2n) is 6.26. The molecule has 0 saturated carbocycles. The molecule has 25 heavy (non-hydrogen) atoms. The molecule has 0 aliphatic carbocycles. The lowest BCUT2D eigenvalue weighted by Crippen LogP contribution is -2.31. The van der Waals surface area contributed by atoms with Crippen molar-refractivity contribution in [1.82, 2.24) is 4.98 Å². The Labute approximate surface area is 152 Å². The lowest BCUT2D eigenvalue weighted by atomic mass is 10.0. The first-order valence-electron chi connectivity index (χ1n) is 9.01. The van der Waals surface area contributed by atoms with Gasteiger partial charge in [-0.05, 0) is 58.2 Å². The zero-order valence-electron chi connectivity index (χ0n) is 16.1. The minimum absolute atomic E-state index is 0.399. The Bertz CT molecular complexity index is 698. The van der Waals surface area contributed by atoms with Crippen LogP contribution in [0.25, 0.3) is 0 Å². The predicted octanol–water partition coefficient (Wildman–Crippen LogP) is 4.90. The van der Waals surface area contributed by atoms with Gasteiger partial charge in [-0.2, -0.15) is 0 Å². The highest BCUT2D eigenvalue weighted by Crippen LogP contribution is 2.30. The lowest BCUT2D eigenvalue weighted by Gasteiger charge is -2.27. The fourth-order valence-electron chi connectivity index (χ4n) is 3.16. The molecule has 134 valence electrons. The summed E-state index contributed by atoms with van der Waals surface area (Å²) in [6, 6.07) is 4.61. The van der Waals surface area contributed by atoms with Crippen LogP contribution < -0.4 is 10.2 Å². The Hall–Kier alpha value is -2.36. The van der Waals surface area contributed by atoms with E-state index in [1.54, 1.807) is 7.05 Å². The van der Waals surface area contributed by atoms with E-state index < -0.39 is 0 Å². The summed E-state index contributed by atoms with van der Waals surface area (Å²) in [5.74, 6) is 1.94. The number of pyridine rings is 1. The molecule has 0 amide bonds. The molecule has 1 aromatic rings. The Morgan fingerprint density at radius 2 is 2.12 bits per heavy atom. The molecule has 0 radical (unpaired) electrons. The molecule has 1 aliphatic heterocycles. The third-order valence-electron chi connectivity index (χ3n) is 4.58. The number of anilines is 2. The van der Waals surface area contributed by atoms with E-state index in [-0.39, 0.29) is 0 Å². The molecule has 1 saturated heterocycles. The van der Waals surface area contributed by atoms with E-state index in [9.17, 15) is 0 Å². The summed E-state index contributed by atoms with van der Waals surface area (Å²) in [4.78, 5) is 11.4. The maximum absolute atomic E-state index is 4.85. The van der Waals surface area contributed by atoms with Crippen molar-refractivity contribution in [2.45, 2.75) is 46.6 Å². The second kappa shape index (κ2) is 9.21. The highest BCUT2D eigenvalue weighted by atomic mass is 15.2. The summed E-state index contributed by atoms with van der Waals surface area (Å²) < 4.78 is 0. The van der Waals surface area contributed by atoms with Crippen LogP contribution in [0.2, 0.25) is 0 Å². The van der Waals surface area contributed by atoms with E-state index in [2.05, 4.69) is 64.6 Å². The van der Waals surface area contributed by atoms with Gasteiger partial charge in [0, 0.05) is 13.6 Å². The fourth-order valence-corrected chi connectivity index (χ4v) is 3.16. The first kappa shape index (κ1) is 19.0. The summed E-state index contributed by atoms with van der Waals surface area (Å²) in [5.41, 5.74) is 3.37. The molecule has 4 heteroatoms. The first-order chi connectivity index (χ1) is 12.1. The number of hydrogen-bond acceptors (Lipinski definition) is 3. The van der Waals surface area contributed by atoms with Gasteiger partial charge in [-0.25, -0.2) is 4.98 Å². The van der Waals surface area contributed by atoms with Gasteiger partial charge in [0.25, 0.3) is 0 Å². The molecule has 1 aromatic heterocycles. The Balaban J connectivity index is 2.23. The van der Waals surface area contributed by atoms with Crippen LogP contribution >= 0.6 is 0 Å². The van der Waals surface area contributed by atoms with E-state index >= 15 is 0 Å². The lowest BCUT2D eigenvalue weighted by molar-refractivity contribution is 0.765. The number of nitrogens with one attached hydrogen (secondary N) is 1. The van der Waals surface area contributed by atoms with Crippen LogP contribution in [-0.2, 0) is 0 Å². The molecular formula is C21H30N4. The van der Waals surface area contributed by atoms with Crippen LogP contribution in [0.15, 0.2) is 53.1 Å². The van der Waals surface area contributed by atoms with Crippen molar-refractivity contribution in [2.75, 3.05) is 23.8 Å². The average molecular weight is 338 g/mol. The van der Waals surface area contributed by atoms with Gasteiger partial charge in [0.05, 0.1) is 23.3 Å². The van der Waals surface area contributed by atoms with Crippen molar-refractivity contribution in [3.63, 3.8) is 0 Å². The normalized spacial score (nSPS) is 19.4. The van der Waals surface area contributed by atoms with E-state index in [0.717, 1.165) is 29.6 Å². The number of aromatic nitrogens is 1. The van der Waals surface area contributed by atoms with Crippen LogP contribution in [0.5, 0.6) is 0 Å². The molecule has 2 rings (SSSR count). The molecule has 1 N–H and O–H groups in total. The van der Waals surface area contributed by atoms with Crippen molar-refractivity contribution in [3.8, 4) is 0 Å². The third-order valence-corrected chi connectivity index (χ3v) is 4.58. The van der Waals surface area contributed by atoms with Crippen LogP contribution in [0.1, 0.15) is 39.3 Å². The minimum atomic E-state index is 0.399. The molecule has 4 nitrogen and oxygen atoms in total. The van der Waals surface area contributed by atoms with Crippen LogP contribution in [0.3, 0.4) is 0 Å². The number of nitrogens with zero attached hydrogens (tertiary/aromatic N) is 3. The van der Waals surface area contributed by atoms with Crippen LogP contribution in [0, 0.1) is 6.92 Å². The van der Waals surface area contributed by atoms with Crippen molar-refractivity contribution in [1.29, 1.82) is 0 Å².